The van der Waals surface area contributed by atoms with Gasteiger partial charge in [0, 0.05) is 27.0 Å². The Kier molecular flexibility index (Phi) is 4.01. The van der Waals surface area contributed by atoms with E-state index in [1.165, 1.54) is 60.6 Å². The van der Waals surface area contributed by atoms with Gasteiger partial charge in [-0.3, -0.25) is 4.40 Å². The maximum absolute atomic E-state index is 5.36. The number of para-hydroxylation sites is 1. The van der Waals surface area contributed by atoms with Crippen LogP contribution in [-0.4, -0.2) is 14.4 Å². The quantitative estimate of drug-likeness (QED) is 0.196. The minimum Gasteiger partial charge on any atom is -0.291 e. The largest absolute Gasteiger partial charge is 0.291 e. The van der Waals surface area contributed by atoms with Crippen molar-refractivity contribution in [3.8, 4) is 22.3 Å². The molecule has 1 aliphatic carbocycles. The predicted octanol–water partition coefficient (Wildman–Crippen LogP) is 9.91. The summed E-state index contributed by atoms with van der Waals surface area (Å²) >= 11 is 0. The molecule has 1 aliphatic rings. The molecule has 3 aromatic heterocycles. The summed E-state index contributed by atoms with van der Waals surface area (Å²) < 4.78 is 2.32. The average molecular weight is 536 g/mol. The SMILES string of the molecule is CC1(C)c2ccccc2-c2cc(-c3cc4c5ccccc5n5c6nc7ccc8ccccc8c7nc6c(c3)c45)ccc21. The summed E-state index contributed by atoms with van der Waals surface area (Å²) in [5, 5.41) is 5.96. The lowest BCUT2D eigenvalue weighted by molar-refractivity contribution is 0.660. The molecule has 196 valence electrons. The molecule has 0 unspecified atom stereocenters. The molecular weight excluding hydrogens is 510 g/mol. The highest BCUT2D eigenvalue weighted by atomic mass is 15.0. The summed E-state index contributed by atoms with van der Waals surface area (Å²) in [5.74, 6) is 0. The van der Waals surface area contributed by atoms with Crippen LogP contribution in [0.4, 0.5) is 0 Å². The van der Waals surface area contributed by atoms with Gasteiger partial charge < -0.3 is 0 Å². The van der Waals surface area contributed by atoms with Gasteiger partial charge in [-0.25, -0.2) is 9.97 Å². The van der Waals surface area contributed by atoms with E-state index < -0.39 is 0 Å². The van der Waals surface area contributed by atoms with E-state index in [4.69, 9.17) is 9.97 Å². The standard InChI is InChI=1S/C39H25N3/c1-39(2)31-13-7-5-11-26(31)28-19-23(15-17-32(28)39)24-20-29-27-12-6-8-14-34(27)42-37(29)30(21-24)36-38(42)40-33-18-16-22-9-3-4-10-25(22)35(33)41-36/h3-21H,1-2H3. The first-order valence-corrected chi connectivity index (χ1v) is 14.6. The Balaban J connectivity index is 1.33. The maximum Gasteiger partial charge on any atom is 0.165 e. The molecule has 0 saturated carbocycles. The van der Waals surface area contributed by atoms with E-state index in [0.29, 0.717) is 0 Å². The summed E-state index contributed by atoms with van der Waals surface area (Å²) in [6.45, 7) is 4.67. The lowest BCUT2D eigenvalue weighted by Crippen LogP contribution is -2.14. The molecule has 0 N–H and O–H groups in total. The Morgan fingerprint density at radius 3 is 2.24 bits per heavy atom. The molecule has 0 atom stereocenters. The molecule has 3 heterocycles. The average Bonchev–Trinajstić information content (AvgIpc) is 3.62. The molecule has 9 aromatic rings. The molecule has 6 aromatic carbocycles. The van der Waals surface area contributed by atoms with Gasteiger partial charge in [0.05, 0.1) is 22.1 Å². The zero-order valence-corrected chi connectivity index (χ0v) is 23.3. The minimum absolute atomic E-state index is 0.00568. The van der Waals surface area contributed by atoms with Crippen molar-refractivity contribution in [2.45, 2.75) is 19.3 Å². The lowest BCUT2D eigenvalue weighted by Gasteiger charge is -2.21. The summed E-state index contributed by atoms with van der Waals surface area (Å²) in [5.41, 5.74) is 14.0. The smallest absolute Gasteiger partial charge is 0.165 e. The van der Waals surface area contributed by atoms with Crippen LogP contribution in [0.2, 0.25) is 0 Å². The van der Waals surface area contributed by atoms with Crippen LogP contribution in [0.3, 0.4) is 0 Å². The van der Waals surface area contributed by atoms with Gasteiger partial charge in [-0.2, -0.15) is 0 Å². The number of rotatable bonds is 1. The van der Waals surface area contributed by atoms with Crippen molar-refractivity contribution < 1.29 is 0 Å². The predicted molar refractivity (Wildman–Crippen MR) is 175 cm³/mol. The van der Waals surface area contributed by atoms with Gasteiger partial charge in [0.25, 0.3) is 0 Å². The first-order chi connectivity index (χ1) is 20.6. The van der Waals surface area contributed by atoms with Crippen LogP contribution in [0.1, 0.15) is 25.0 Å². The number of fused-ring (bicyclic) bond motifs is 12. The van der Waals surface area contributed by atoms with E-state index in [2.05, 4.69) is 134 Å². The third kappa shape index (κ3) is 2.66. The maximum atomic E-state index is 5.36. The Morgan fingerprint density at radius 1 is 0.548 bits per heavy atom. The minimum atomic E-state index is -0.00568. The van der Waals surface area contributed by atoms with Crippen LogP contribution in [-0.2, 0) is 5.41 Å². The highest BCUT2D eigenvalue weighted by Crippen LogP contribution is 2.50. The van der Waals surface area contributed by atoms with E-state index in [9.17, 15) is 0 Å². The van der Waals surface area contributed by atoms with Crippen LogP contribution < -0.4 is 0 Å². The molecule has 3 nitrogen and oxygen atoms in total. The van der Waals surface area contributed by atoms with E-state index in [1.54, 1.807) is 0 Å². The number of aromatic nitrogens is 3. The fourth-order valence-electron chi connectivity index (χ4n) is 7.68. The molecule has 0 spiro atoms. The van der Waals surface area contributed by atoms with E-state index in [-0.39, 0.29) is 5.41 Å². The van der Waals surface area contributed by atoms with Crippen molar-refractivity contribution in [2.75, 3.05) is 0 Å². The summed E-state index contributed by atoms with van der Waals surface area (Å²) in [6, 6.07) is 42.0. The lowest BCUT2D eigenvalue weighted by atomic mass is 9.82. The van der Waals surface area contributed by atoms with E-state index in [0.717, 1.165) is 33.0 Å². The monoisotopic (exact) mass is 535 g/mol. The molecule has 0 saturated heterocycles. The van der Waals surface area contributed by atoms with Gasteiger partial charge in [0.2, 0.25) is 0 Å². The Hall–Kier alpha value is -5.28. The van der Waals surface area contributed by atoms with Gasteiger partial charge in [-0.15, -0.1) is 0 Å². The van der Waals surface area contributed by atoms with Crippen LogP contribution in [0.15, 0.2) is 115 Å². The topological polar surface area (TPSA) is 30.2 Å². The molecule has 0 aliphatic heterocycles. The van der Waals surface area contributed by atoms with Crippen molar-refractivity contribution in [2.24, 2.45) is 0 Å². The number of hydrogen-bond acceptors (Lipinski definition) is 2. The summed E-state index contributed by atoms with van der Waals surface area (Å²) in [7, 11) is 0. The summed E-state index contributed by atoms with van der Waals surface area (Å²) in [4.78, 5) is 10.6. The van der Waals surface area contributed by atoms with Crippen molar-refractivity contribution in [3.63, 3.8) is 0 Å². The Morgan fingerprint density at radius 2 is 1.31 bits per heavy atom. The molecule has 0 fully saturated rings. The van der Waals surface area contributed by atoms with Gasteiger partial charge >= 0.3 is 0 Å². The fraction of sp³-hybridized carbons (Fsp3) is 0.0769. The third-order valence-electron chi connectivity index (χ3n) is 9.69. The first kappa shape index (κ1) is 22.4. The van der Waals surface area contributed by atoms with Crippen molar-refractivity contribution in [3.05, 3.63) is 126 Å². The molecule has 10 rings (SSSR count). The Labute approximate surface area is 242 Å². The normalized spacial score (nSPS) is 14.1. The molecule has 0 bridgehead atoms. The fourth-order valence-corrected chi connectivity index (χ4v) is 7.68. The van der Waals surface area contributed by atoms with Gasteiger partial charge in [0.1, 0.15) is 5.52 Å². The molecule has 0 amide bonds. The first-order valence-electron chi connectivity index (χ1n) is 14.6. The second-order valence-corrected chi connectivity index (χ2v) is 12.3. The van der Waals surface area contributed by atoms with Crippen LogP contribution in [0, 0.1) is 0 Å². The molecule has 0 radical (unpaired) electrons. The highest BCUT2D eigenvalue weighted by molar-refractivity contribution is 6.24. The van der Waals surface area contributed by atoms with Gasteiger partial charge in [-0.1, -0.05) is 98.8 Å². The van der Waals surface area contributed by atoms with Crippen molar-refractivity contribution >= 4 is 60.2 Å². The van der Waals surface area contributed by atoms with Gasteiger partial charge in [-0.05, 0) is 69.1 Å². The van der Waals surface area contributed by atoms with Crippen LogP contribution in [0.5, 0.6) is 0 Å². The van der Waals surface area contributed by atoms with E-state index >= 15 is 0 Å². The van der Waals surface area contributed by atoms with Crippen molar-refractivity contribution in [1.29, 1.82) is 0 Å². The Bertz CT molecular complexity index is 2600. The zero-order valence-electron chi connectivity index (χ0n) is 23.3. The number of nitrogens with zero attached hydrogens (tertiary/aromatic N) is 3. The number of hydrogen-bond donors (Lipinski definition) is 0. The highest BCUT2D eigenvalue weighted by Gasteiger charge is 2.35. The second kappa shape index (κ2) is 7.51. The van der Waals surface area contributed by atoms with Crippen LogP contribution >= 0.6 is 0 Å². The second-order valence-electron chi connectivity index (χ2n) is 12.3. The molecule has 42 heavy (non-hydrogen) atoms. The van der Waals surface area contributed by atoms with E-state index in [1.807, 2.05) is 0 Å². The number of benzene rings is 6. The third-order valence-corrected chi connectivity index (χ3v) is 9.69. The van der Waals surface area contributed by atoms with Crippen LogP contribution in [0.25, 0.3) is 82.4 Å². The molecular formula is C39H25N3. The summed E-state index contributed by atoms with van der Waals surface area (Å²) in [6.07, 6.45) is 0. The zero-order chi connectivity index (χ0) is 27.7. The molecule has 3 heteroatoms. The van der Waals surface area contributed by atoms with Gasteiger partial charge in [0.15, 0.2) is 5.65 Å². The van der Waals surface area contributed by atoms with Crippen molar-refractivity contribution in [1.82, 2.24) is 14.4 Å².